The summed E-state index contributed by atoms with van der Waals surface area (Å²) in [5, 5.41) is 3.75. The fourth-order valence-electron chi connectivity index (χ4n) is 3.04. The molecule has 29 heavy (non-hydrogen) atoms. The number of hydrogen-bond acceptors (Lipinski definition) is 4. The molecule has 0 bridgehead atoms. The van der Waals surface area contributed by atoms with Gasteiger partial charge >= 0.3 is 0 Å². The number of para-hydroxylation sites is 1. The van der Waals surface area contributed by atoms with Gasteiger partial charge in [0, 0.05) is 43.3 Å². The van der Waals surface area contributed by atoms with Crippen molar-refractivity contribution in [3.8, 4) is 0 Å². The molecule has 1 N–H and O–H groups in total. The molecule has 3 aromatic rings. The highest BCUT2D eigenvalue weighted by Crippen LogP contribution is 2.26. The highest BCUT2D eigenvalue weighted by molar-refractivity contribution is 5.99. The molecule has 0 radical (unpaired) electrons. The number of carbonyl (C=O) groups excluding carboxylic acids is 2. The second-order valence-corrected chi connectivity index (χ2v) is 7.23. The lowest BCUT2D eigenvalue weighted by Gasteiger charge is -2.21. The second kappa shape index (κ2) is 8.92. The maximum atomic E-state index is 12.7. The first kappa shape index (κ1) is 20.6. The molecule has 2 aromatic carbocycles. The number of ether oxygens (including phenoxy) is 1. The van der Waals surface area contributed by atoms with Crippen molar-refractivity contribution in [3.05, 3.63) is 71.0 Å². The zero-order valence-corrected chi connectivity index (χ0v) is 17.2. The van der Waals surface area contributed by atoms with Gasteiger partial charge in [-0.2, -0.15) is 0 Å². The van der Waals surface area contributed by atoms with Crippen molar-refractivity contribution in [2.75, 3.05) is 14.2 Å². The lowest BCUT2D eigenvalue weighted by Crippen LogP contribution is -2.32. The third-order valence-electron chi connectivity index (χ3n) is 4.94. The van der Waals surface area contributed by atoms with E-state index >= 15 is 0 Å². The van der Waals surface area contributed by atoms with Crippen LogP contribution in [0.1, 0.15) is 45.9 Å². The van der Waals surface area contributed by atoms with Crippen LogP contribution in [0.25, 0.3) is 11.0 Å². The van der Waals surface area contributed by atoms with Crippen LogP contribution in [0, 0.1) is 0 Å². The summed E-state index contributed by atoms with van der Waals surface area (Å²) in [5.74, 6) is -0.0616. The summed E-state index contributed by atoms with van der Waals surface area (Å²) in [6.45, 7) is 4.56. The Balaban J connectivity index is 1.70. The first-order valence-electron chi connectivity index (χ1n) is 9.56. The van der Waals surface area contributed by atoms with E-state index in [1.807, 2.05) is 50.2 Å². The normalized spacial score (nSPS) is 11.1. The van der Waals surface area contributed by atoms with Crippen LogP contribution < -0.4 is 5.32 Å². The molecule has 0 atom stereocenters. The van der Waals surface area contributed by atoms with Crippen molar-refractivity contribution in [2.45, 2.75) is 33.0 Å². The summed E-state index contributed by atoms with van der Waals surface area (Å²) in [6, 6.07) is 14.9. The number of methoxy groups -OCH3 is 1. The van der Waals surface area contributed by atoms with Crippen molar-refractivity contribution in [2.24, 2.45) is 0 Å². The minimum atomic E-state index is -0.298. The van der Waals surface area contributed by atoms with Gasteiger partial charge in [0.1, 0.15) is 5.58 Å². The highest BCUT2D eigenvalue weighted by atomic mass is 16.5. The maximum absolute atomic E-state index is 12.7. The first-order valence-corrected chi connectivity index (χ1v) is 9.56. The zero-order valence-electron chi connectivity index (χ0n) is 17.2. The molecule has 6 nitrogen and oxygen atoms in total. The first-order chi connectivity index (χ1) is 13.9. The summed E-state index contributed by atoms with van der Waals surface area (Å²) in [5.41, 5.74) is 2.91. The summed E-state index contributed by atoms with van der Waals surface area (Å²) in [7, 11) is 3.37. The van der Waals surface area contributed by atoms with E-state index in [0.717, 1.165) is 16.5 Å². The van der Waals surface area contributed by atoms with Gasteiger partial charge < -0.3 is 19.4 Å². The highest BCUT2D eigenvalue weighted by Gasteiger charge is 2.20. The molecule has 0 aliphatic heterocycles. The predicted molar refractivity (Wildman–Crippen MR) is 112 cm³/mol. The average Bonchev–Trinajstić information content (AvgIpc) is 3.10. The van der Waals surface area contributed by atoms with E-state index in [1.165, 1.54) is 0 Å². The number of hydrogen-bond donors (Lipinski definition) is 1. The van der Waals surface area contributed by atoms with Gasteiger partial charge in [0.25, 0.3) is 11.8 Å². The number of carbonyl (C=O) groups is 2. The van der Waals surface area contributed by atoms with Gasteiger partial charge in [-0.05, 0) is 37.6 Å². The Bertz CT molecular complexity index is 1010. The van der Waals surface area contributed by atoms with Crippen LogP contribution in [-0.2, 0) is 17.9 Å². The van der Waals surface area contributed by atoms with Gasteiger partial charge in [0.05, 0.1) is 6.61 Å². The molecular formula is C23H26N2O4. The Morgan fingerprint density at radius 1 is 1.10 bits per heavy atom. The Morgan fingerprint density at radius 2 is 1.79 bits per heavy atom. The van der Waals surface area contributed by atoms with Crippen LogP contribution in [0.4, 0.5) is 0 Å². The quantitative estimate of drug-likeness (QED) is 0.658. The minimum Gasteiger partial charge on any atom is -0.451 e. The number of benzene rings is 2. The molecule has 152 valence electrons. The fourth-order valence-corrected chi connectivity index (χ4v) is 3.04. The summed E-state index contributed by atoms with van der Waals surface area (Å²) >= 11 is 0. The van der Waals surface area contributed by atoms with E-state index < -0.39 is 0 Å². The van der Waals surface area contributed by atoms with Crippen LogP contribution in [0.2, 0.25) is 0 Å². The fraction of sp³-hybridized carbons (Fsp3) is 0.304. The SMILES string of the molecule is COCc1c(C(=O)NCc2ccc(C(=O)N(C)C(C)C)cc2)oc2ccccc12. The Morgan fingerprint density at radius 3 is 2.45 bits per heavy atom. The minimum absolute atomic E-state index is 0.0259. The summed E-state index contributed by atoms with van der Waals surface area (Å²) < 4.78 is 11.0. The van der Waals surface area contributed by atoms with Crippen molar-refractivity contribution in [1.82, 2.24) is 10.2 Å². The van der Waals surface area contributed by atoms with Gasteiger partial charge in [-0.3, -0.25) is 9.59 Å². The number of fused-ring (bicyclic) bond motifs is 1. The summed E-state index contributed by atoms with van der Waals surface area (Å²) in [6.07, 6.45) is 0. The van der Waals surface area contributed by atoms with Gasteiger partial charge in [0.15, 0.2) is 5.76 Å². The molecule has 0 aliphatic carbocycles. The predicted octanol–water partition coefficient (Wildman–Crippen LogP) is 3.99. The monoisotopic (exact) mass is 394 g/mol. The number of amides is 2. The number of rotatable bonds is 7. The standard InChI is InChI=1S/C23H26N2O4/c1-15(2)25(3)23(27)17-11-9-16(10-12-17)13-24-22(26)21-19(14-28-4)18-7-5-6-8-20(18)29-21/h5-12,15H,13-14H2,1-4H3,(H,24,26). The lowest BCUT2D eigenvalue weighted by atomic mass is 10.1. The molecule has 0 saturated carbocycles. The average molecular weight is 394 g/mol. The van der Waals surface area contributed by atoms with Crippen molar-refractivity contribution < 1.29 is 18.7 Å². The van der Waals surface area contributed by atoms with Crippen molar-refractivity contribution in [1.29, 1.82) is 0 Å². The van der Waals surface area contributed by atoms with E-state index in [4.69, 9.17) is 9.15 Å². The zero-order chi connectivity index (χ0) is 21.0. The smallest absolute Gasteiger partial charge is 0.287 e. The van der Waals surface area contributed by atoms with Gasteiger partial charge in [-0.15, -0.1) is 0 Å². The van der Waals surface area contributed by atoms with E-state index in [2.05, 4.69) is 5.32 Å². The molecule has 6 heteroatoms. The molecule has 0 unspecified atom stereocenters. The number of furan rings is 1. The van der Waals surface area contributed by atoms with Crippen LogP contribution >= 0.6 is 0 Å². The van der Waals surface area contributed by atoms with Gasteiger partial charge in [-0.25, -0.2) is 0 Å². The molecular weight excluding hydrogens is 368 g/mol. The molecule has 2 amide bonds. The van der Waals surface area contributed by atoms with Gasteiger partial charge in [0.2, 0.25) is 0 Å². The third-order valence-corrected chi connectivity index (χ3v) is 4.94. The Kier molecular flexibility index (Phi) is 6.34. The van der Waals surface area contributed by atoms with E-state index in [9.17, 15) is 9.59 Å². The van der Waals surface area contributed by atoms with Crippen molar-refractivity contribution in [3.63, 3.8) is 0 Å². The van der Waals surface area contributed by atoms with E-state index in [1.54, 1.807) is 31.2 Å². The molecule has 3 rings (SSSR count). The third kappa shape index (κ3) is 4.49. The molecule has 1 heterocycles. The number of nitrogens with zero attached hydrogens (tertiary/aromatic N) is 1. The lowest BCUT2D eigenvalue weighted by molar-refractivity contribution is 0.0754. The van der Waals surface area contributed by atoms with Crippen LogP contribution in [0.3, 0.4) is 0 Å². The maximum Gasteiger partial charge on any atom is 0.287 e. The largest absolute Gasteiger partial charge is 0.451 e. The molecule has 1 aromatic heterocycles. The van der Waals surface area contributed by atoms with E-state index in [-0.39, 0.29) is 23.6 Å². The number of nitrogens with one attached hydrogen (secondary N) is 1. The summed E-state index contributed by atoms with van der Waals surface area (Å²) in [4.78, 5) is 26.8. The second-order valence-electron chi connectivity index (χ2n) is 7.23. The van der Waals surface area contributed by atoms with E-state index in [0.29, 0.717) is 24.3 Å². The van der Waals surface area contributed by atoms with Crippen LogP contribution in [0.15, 0.2) is 52.9 Å². The van der Waals surface area contributed by atoms with Crippen molar-refractivity contribution >= 4 is 22.8 Å². The topological polar surface area (TPSA) is 71.8 Å². The van der Waals surface area contributed by atoms with Crippen LogP contribution in [0.5, 0.6) is 0 Å². The Labute approximate surface area is 170 Å². The molecule has 0 fully saturated rings. The van der Waals surface area contributed by atoms with Gasteiger partial charge in [-0.1, -0.05) is 30.3 Å². The van der Waals surface area contributed by atoms with Crippen LogP contribution in [-0.4, -0.2) is 36.9 Å². The molecule has 0 saturated heterocycles. The Hall–Kier alpha value is -3.12. The molecule has 0 spiro atoms. The molecule has 0 aliphatic rings.